The van der Waals surface area contributed by atoms with E-state index in [4.69, 9.17) is 10.2 Å². The number of carbonyl (C=O) groups excluding carboxylic acids is 1. The lowest BCUT2D eigenvalue weighted by atomic mass is 10.1. The zero-order chi connectivity index (χ0) is 23.8. The SMILES string of the molecule is CCCCCCN(C(=O)Nc1cccc(C#N)c1)C(C)c1nc2ccccc2c(=O)n1CC. The number of hydrogen-bond donors (Lipinski definition) is 1. The summed E-state index contributed by atoms with van der Waals surface area (Å²) < 4.78 is 1.65. The molecule has 1 aromatic heterocycles. The van der Waals surface area contributed by atoms with Gasteiger partial charge in [-0.25, -0.2) is 9.78 Å². The van der Waals surface area contributed by atoms with Gasteiger partial charge in [0.25, 0.3) is 5.56 Å². The fourth-order valence-electron chi connectivity index (χ4n) is 3.99. The third-order valence-electron chi connectivity index (χ3n) is 5.80. The Bertz CT molecular complexity index is 1210. The Morgan fingerprint density at radius 1 is 1.15 bits per heavy atom. The number of aromatic nitrogens is 2. The van der Waals surface area contributed by atoms with Crippen LogP contribution in [0.25, 0.3) is 10.9 Å². The van der Waals surface area contributed by atoms with Crippen LogP contribution in [-0.2, 0) is 6.54 Å². The lowest BCUT2D eigenvalue weighted by molar-refractivity contribution is 0.186. The lowest BCUT2D eigenvalue weighted by Crippen LogP contribution is -2.40. The molecule has 0 spiro atoms. The molecule has 2 aromatic carbocycles. The van der Waals surface area contributed by atoms with Gasteiger partial charge in [-0.05, 0) is 50.6 Å². The Morgan fingerprint density at radius 2 is 1.94 bits per heavy atom. The summed E-state index contributed by atoms with van der Waals surface area (Å²) in [5.41, 5.74) is 1.57. The molecule has 0 fully saturated rings. The number of nitrogens with one attached hydrogen (secondary N) is 1. The number of unbranched alkanes of at least 4 members (excludes halogenated alkanes) is 3. The van der Waals surface area contributed by atoms with Gasteiger partial charge in [-0.2, -0.15) is 5.26 Å². The fraction of sp³-hybridized carbons (Fsp3) is 0.385. The first kappa shape index (κ1) is 24.0. The number of hydrogen-bond acceptors (Lipinski definition) is 4. The summed E-state index contributed by atoms with van der Waals surface area (Å²) in [6.07, 6.45) is 4.07. The summed E-state index contributed by atoms with van der Waals surface area (Å²) in [5, 5.41) is 12.7. The molecule has 172 valence electrons. The van der Waals surface area contributed by atoms with E-state index in [-0.39, 0.29) is 11.6 Å². The van der Waals surface area contributed by atoms with Crippen LogP contribution in [0.3, 0.4) is 0 Å². The first-order valence-corrected chi connectivity index (χ1v) is 11.6. The van der Waals surface area contributed by atoms with Crippen molar-refractivity contribution in [3.63, 3.8) is 0 Å². The topological polar surface area (TPSA) is 91.0 Å². The lowest BCUT2D eigenvalue weighted by Gasteiger charge is -2.30. The quantitative estimate of drug-likeness (QED) is 0.443. The maximum absolute atomic E-state index is 13.4. The summed E-state index contributed by atoms with van der Waals surface area (Å²) in [4.78, 5) is 33.0. The zero-order valence-electron chi connectivity index (χ0n) is 19.5. The first-order chi connectivity index (χ1) is 16.0. The molecular weight excluding hydrogens is 414 g/mol. The molecule has 0 aliphatic heterocycles. The minimum absolute atomic E-state index is 0.0991. The van der Waals surface area contributed by atoms with E-state index in [1.54, 1.807) is 39.8 Å². The highest BCUT2D eigenvalue weighted by Gasteiger charge is 2.26. The summed E-state index contributed by atoms with van der Waals surface area (Å²) in [6.45, 7) is 6.97. The van der Waals surface area contributed by atoms with Crippen molar-refractivity contribution in [1.29, 1.82) is 5.26 Å². The molecule has 7 heteroatoms. The average Bonchev–Trinajstić information content (AvgIpc) is 2.83. The number of para-hydroxylation sites is 1. The number of amides is 2. The van der Waals surface area contributed by atoms with Gasteiger partial charge in [0.1, 0.15) is 5.82 Å². The highest BCUT2D eigenvalue weighted by atomic mass is 16.2. The van der Waals surface area contributed by atoms with Gasteiger partial charge >= 0.3 is 6.03 Å². The van der Waals surface area contributed by atoms with Gasteiger partial charge in [0.2, 0.25) is 0 Å². The molecule has 1 N–H and O–H groups in total. The summed E-state index contributed by atoms with van der Waals surface area (Å²) >= 11 is 0. The van der Waals surface area contributed by atoms with Gasteiger partial charge in [-0.15, -0.1) is 0 Å². The third kappa shape index (κ3) is 5.58. The van der Waals surface area contributed by atoms with Crippen LogP contribution in [0.15, 0.2) is 53.3 Å². The van der Waals surface area contributed by atoms with Crippen molar-refractivity contribution < 1.29 is 4.79 Å². The predicted octanol–water partition coefficient (Wildman–Crippen LogP) is 5.46. The number of carbonyl (C=O) groups is 1. The smallest absolute Gasteiger partial charge is 0.315 e. The van der Waals surface area contributed by atoms with Crippen molar-refractivity contribution in [2.24, 2.45) is 0 Å². The maximum atomic E-state index is 13.4. The van der Waals surface area contributed by atoms with Gasteiger partial charge in [0.15, 0.2) is 0 Å². The van der Waals surface area contributed by atoms with E-state index >= 15 is 0 Å². The van der Waals surface area contributed by atoms with Crippen molar-refractivity contribution in [2.75, 3.05) is 11.9 Å². The first-order valence-electron chi connectivity index (χ1n) is 11.6. The fourth-order valence-corrected chi connectivity index (χ4v) is 3.99. The molecule has 3 aromatic rings. The van der Waals surface area contributed by atoms with Crippen LogP contribution in [0.5, 0.6) is 0 Å². The van der Waals surface area contributed by atoms with Crippen LogP contribution in [0, 0.1) is 11.3 Å². The third-order valence-corrected chi connectivity index (χ3v) is 5.80. The average molecular weight is 446 g/mol. The van der Waals surface area contributed by atoms with Crippen LogP contribution < -0.4 is 10.9 Å². The molecule has 3 rings (SSSR count). The molecule has 2 amide bonds. The van der Waals surface area contributed by atoms with E-state index in [0.29, 0.717) is 41.1 Å². The van der Waals surface area contributed by atoms with Gasteiger partial charge < -0.3 is 10.2 Å². The van der Waals surface area contributed by atoms with Crippen LogP contribution in [0.1, 0.15) is 63.9 Å². The summed E-state index contributed by atoms with van der Waals surface area (Å²) in [6, 6.07) is 15.5. The van der Waals surface area contributed by atoms with Crippen molar-refractivity contribution in [2.45, 2.75) is 59.0 Å². The second kappa shape index (κ2) is 11.3. The molecule has 0 aliphatic carbocycles. The number of nitrogens with zero attached hydrogens (tertiary/aromatic N) is 4. The molecule has 7 nitrogen and oxygen atoms in total. The molecule has 33 heavy (non-hydrogen) atoms. The monoisotopic (exact) mass is 445 g/mol. The standard InChI is InChI=1S/C26H31N5O2/c1-4-6-7-10-16-31(26(33)28-21-13-11-12-20(17-21)18-27)19(3)24-29-23-15-9-8-14-22(23)25(32)30(24)5-2/h8-9,11-15,17,19H,4-7,10,16H2,1-3H3,(H,28,33). The Kier molecular flexibility index (Phi) is 8.20. The van der Waals surface area contributed by atoms with E-state index in [2.05, 4.69) is 18.3 Å². The number of nitriles is 1. The maximum Gasteiger partial charge on any atom is 0.322 e. The Morgan fingerprint density at radius 3 is 2.67 bits per heavy atom. The van der Waals surface area contributed by atoms with E-state index < -0.39 is 6.04 Å². The Labute approximate surface area is 194 Å². The Hall–Kier alpha value is -3.66. The molecule has 0 saturated carbocycles. The number of fused-ring (bicyclic) bond motifs is 1. The normalized spacial score (nSPS) is 11.7. The van der Waals surface area contributed by atoms with Crippen molar-refractivity contribution >= 4 is 22.6 Å². The highest BCUT2D eigenvalue weighted by molar-refractivity contribution is 5.89. The second-order valence-corrected chi connectivity index (χ2v) is 8.09. The molecule has 1 heterocycles. The molecule has 1 atom stereocenters. The van der Waals surface area contributed by atoms with Crippen molar-refractivity contribution in [3.8, 4) is 6.07 Å². The van der Waals surface area contributed by atoms with Crippen molar-refractivity contribution in [1.82, 2.24) is 14.5 Å². The summed E-state index contributed by atoms with van der Waals surface area (Å²) in [5.74, 6) is 0.567. The van der Waals surface area contributed by atoms with Crippen LogP contribution in [-0.4, -0.2) is 27.0 Å². The number of benzene rings is 2. The van der Waals surface area contributed by atoms with Crippen LogP contribution in [0.4, 0.5) is 10.5 Å². The summed E-state index contributed by atoms with van der Waals surface area (Å²) in [7, 11) is 0. The number of rotatable bonds is 9. The van der Waals surface area contributed by atoms with E-state index in [1.165, 1.54) is 0 Å². The predicted molar refractivity (Wildman–Crippen MR) is 131 cm³/mol. The zero-order valence-corrected chi connectivity index (χ0v) is 19.5. The van der Waals surface area contributed by atoms with Crippen LogP contribution >= 0.6 is 0 Å². The largest absolute Gasteiger partial charge is 0.322 e. The van der Waals surface area contributed by atoms with Gasteiger partial charge in [0, 0.05) is 18.8 Å². The minimum atomic E-state index is -0.414. The van der Waals surface area contributed by atoms with Gasteiger partial charge in [-0.1, -0.05) is 44.4 Å². The highest BCUT2D eigenvalue weighted by Crippen LogP contribution is 2.22. The van der Waals surface area contributed by atoms with E-state index in [0.717, 1.165) is 25.7 Å². The van der Waals surface area contributed by atoms with Crippen LogP contribution in [0.2, 0.25) is 0 Å². The molecule has 0 aliphatic rings. The second-order valence-electron chi connectivity index (χ2n) is 8.09. The number of urea groups is 1. The van der Waals surface area contributed by atoms with E-state index in [9.17, 15) is 9.59 Å². The van der Waals surface area contributed by atoms with Gasteiger partial charge in [-0.3, -0.25) is 9.36 Å². The molecule has 1 unspecified atom stereocenters. The number of anilines is 1. The molecule has 0 bridgehead atoms. The molecule has 0 saturated heterocycles. The minimum Gasteiger partial charge on any atom is -0.315 e. The Balaban J connectivity index is 1.96. The van der Waals surface area contributed by atoms with Gasteiger partial charge in [0.05, 0.1) is 28.6 Å². The van der Waals surface area contributed by atoms with Crippen molar-refractivity contribution in [3.05, 3.63) is 70.3 Å². The molecule has 0 radical (unpaired) electrons. The van der Waals surface area contributed by atoms with E-state index in [1.807, 2.05) is 32.0 Å². The molecular formula is C26H31N5O2.